The van der Waals surface area contributed by atoms with Crippen molar-refractivity contribution >= 4 is 23.3 Å². The molecule has 0 bridgehead atoms. The van der Waals surface area contributed by atoms with Gasteiger partial charge in [-0.1, -0.05) is 18.2 Å². The summed E-state index contributed by atoms with van der Waals surface area (Å²) in [6.45, 7) is 2.21. The summed E-state index contributed by atoms with van der Waals surface area (Å²) in [4.78, 5) is 20.1. The molecule has 1 unspecified atom stereocenters. The molecule has 32 heavy (non-hydrogen) atoms. The number of aromatic nitrogens is 1. The summed E-state index contributed by atoms with van der Waals surface area (Å²) in [5.41, 5.74) is 1.93. The van der Waals surface area contributed by atoms with Crippen molar-refractivity contribution in [1.29, 1.82) is 0 Å². The van der Waals surface area contributed by atoms with Gasteiger partial charge in [0, 0.05) is 42.9 Å². The zero-order valence-electron chi connectivity index (χ0n) is 18.0. The van der Waals surface area contributed by atoms with Gasteiger partial charge in [0.05, 0.1) is 20.3 Å². The van der Waals surface area contributed by atoms with Crippen molar-refractivity contribution in [2.24, 2.45) is 0 Å². The summed E-state index contributed by atoms with van der Waals surface area (Å²) in [5.74, 6) is 1.27. The van der Waals surface area contributed by atoms with Crippen LogP contribution in [0.4, 0.5) is 0 Å². The fourth-order valence-corrected chi connectivity index (χ4v) is 4.10. The van der Waals surface area contributed by atoms with Gasteiger partial charge < -0.3 is 19.1 Å². The van der Waals surface area contributed by atoms with Crippen LogP contribution in [0.25, 0.3) is 6.08 Å². The number of ether oxygens (including phenoxy) is 3. The highest BCUT2D eigenvalue weighted by Gasteiger charge is 2.20. The molecule has 1 aliphatic rings. The third-order valence-corrected chi connectivity index (χ3v) is 5.96. The van der Waals surface area contributed by atoms with E-state index in [2.05, 4.69) is 4.98 Å². The maximum absolute atomic E-state index is 13.1. The highest BCUT2D eigenvalue weighted by atomic mass is 32.1. The molecule has 6 nitrogen and oxygen atoms in total. The van der Waals surface area contributed by atoms with E-state index in [9.17, 15) is 4.79 Å². The monoisotopic (exact) mass is 450 g/mol. The lowest BCUT2D eigenvalue weighted by atomic mass is 10.1. The molecule has 1 atom stereocenters. The molecule has 166 valence electrons. The van der Waals surface area contributed by atoms with Gasteiger partial charge in [0.1, 0.15) is 6.10 Å². The molecule has 3 heterocycles. The van der Waals surface area contributed by atoms with Gasteiger partial charge in [-0.25, -0.2) is 0 Å². The van der Waals surface area contributed by atoms with Crippen LogP contribution in [0.3, 0.4) is 0 Å². The Kier molecular flexibility index (Phi) is 7.53. The Bertz CT molecular complexity index is 1030. The number of hydrogen-bond donors (Lipinski definition) is 0. The van der Waals surface area contributed by atoms with Crippen molar-refractivity contribution in [3.8, 4) is 11.5 Å². The molecule has 0 saturated carbocycles. The molecule has 3 aromatic rings. The molecule has 1 aromatic carbocycles. The van der Waals surface area contributed by atoms with Crippen molar-refractivity contribution in [2.75, 3.05) is 20.3 Å². The lowest BCUT2D eigenvalue weighted by molar-refractivity contribution is -0.127. The highest BCUT2D eigenvalue weighted by Crippen LogP contribution is 2.31. The summed E-state index contributed by atoms with van der Waals surface area (Å²) in [6, 6.07) is 13.6. The molecule has 4 rings (SSSR count). The average molecular weight is 451 g/mol. The van der Waals surface area contributed by atoms with Gasteiger partial charge in [0.15, 0.2) is 11.5 Å². The summed E-state index contributed by atoms with van der Waals surface area (Å²) in [7, 11) is 1.62. The number of amides is 1. The molecule has 0 aliphatic carbocycles. The molecule has 0 N–H and O–H groups in total. The lowest BCUT2D eigenvalue weighted by Crippen LogP contribution is -2.28. The number of carbonyl (C=O) groups is 1. The Morgan fingerprint density at radius 3 is 2.84 bits per heavy atom. The van der Waals surface area contributed by atoms with E-state index in [4.69, 9.17) is 14.2 Å². The minimum Gasteiger partial charge on any atom is -0.493 e. The van der Waals surface area contributed by atoms with Gasteiger partial charge >= 0.3 is 0 Å². The molecule has 0 radical (unpaired) electrons. The SMILES string of the molecule is COc1cc(CN(Cc2cccnc2)C(=O)/C=C/c2cccs2)ccc1OC1CCOC1. The van der Waals surface area contributed by atoms with Crippen molar-refractivity contribution < 1.29 is 19.0 Å². The fourth-order valence-electron chi connectivity index (χ4n) is 3.48. The molecule has 1 saturated heterocycles. The van der Waals surface area contributed by atoms with Crippen molar-refractivity contribution in [1.82, 2.24) is 9.88 Å². The number of thiophene rings is 1. The van der Waals surface area contributed by atoms with Crippen molar-refractivity contribution in [3.63, 3.8) is 0 Å². The Hall–Kier alpha value is -3.16. The fraction of sp³-hybridized carbons (Fsp3) is 0.280. The third kappa shape index (κ3) is 5.96. The van der Waals surface area contributed by atoms with Gasteiger partial charge in [-0.2, -0.15) is 0 Å². The standard InChI is InChI=1S/C25H26N2O4S/c1-29-24-14-19(6-8-23(24)31-21-10-12-30-18-21)16-27(17-20-4-2-11-26-15-20)25(28)9-7-22-5-3-13-32-22/h2-9,11,13-15,21H,10,12,16-18H2,1H3/b9-7+. The van der Waals surface area contributed by atoms with E-state index in [1.165, 1.54) is 0 Å². The van der Waals surface area contributed by atoms with Crippen molar-refractivity contribution in [2.45, 2.75) is 25.6 Å². The molecular formula is C25H26N2O4S. The van der Waals surface area contributed by atoms with E-state index < -0.39 is 0 Å². The smallest absolute Gasteiger partial charge is 0.247 e. The van der Waals surface area contributed by atoms with Crippen LogP contribution >= 0.6 is 11.3 Å². The maximum atomic E-state index is 13.1. The van der Waals surface area contributed by atoms with E-state index >= 15 is 0 Å². The quantitative estimate of drug-likeness (QED) is 0.447. The van der Waals surface area contributed by atoms with Gasteiger partial charge in [0.2, 0.25) is 5.91 Å². The van der Waals surface area contributed by atoms with E-state index in [0.29, 0.717) is 31.2 Å². The first-order valence-electron chi connectivity index (χ1n) is 10.5. The predicted octanol–water partition coefficient (Wildman–Crippen LogP) is 4.56. The van der Waals surface area contributed by atoms with Crippen LogP contribution in [0, 0.1) is 0 Å². The number of benzene rings is 1. The largest absolute Gasteiger partial charge is 0.493 e. The third-order valence-electron chi connectivity index (χ3n) is 5.12. The molecule has 2 aromatic heterocycles. The molecule has 1 aliphatic heterocycles. The first kappa shape index (κ1) is 22.0. The van der Waals surface area contributed by atoms with E-state index in [-0.39, 0.29) is 12.0 Å². The number of nitrogens with zero attached hydrogens (tertiary/aromatic N) is 2. The second-order valence-electron chi connectivity index (χ2n) is 7.49. The van der Waals surface area contributed by atoms with Crippen LogP contribution in [-0.4, -0.2) is 42.2 Å². The van der Waals surface area contributed by atoms with Gasteiger partial charge in [-0.05, 0) is 46.8 Å². The van der Waals surface area contributed by atoms with Gasteiger partial charge in [-0.15, -0.1) is 11.3 Å². The molecule has 1 amide bonds. The number of methoxy groups -OCH3 is 1. The van der Waals surface area contributed by atoms with Crippen molar-refractivity contribution in [3.05, 3.63) is 82.3 Å². The zero-order valence-corrected chi connectivity index (χ0v) is 18.8. The van der Waals surface area contributed by atoms with Crippen LogP contribution < -0.4 is 9.47 Å². The summed E-state index contributed by atoms with van der Waals surface area (Å²) < 4.78 is 17.0. The first-order valence-corrected chi connectivity index (χ1v) is 11.4. The maximum Gasteiger partial charge on any atom is 0.247 e. The second kappa shape index (κ2) is 10.9. The normalized spacial score (nSPS) is 15.7. The van der Waals surface area contributed by atoms with Crippen LogP contribution in [0.15, 0.2) is 66.3 Å². The number of hydrogen-bond acceptors (Lipinski definition) is 6. The van der Waals surface area contributed by atoms with Gasteiger partial charge in [0.25, 0.3) is 0 Å². The van der Waals surface area contributed by atoms with E-state index in [0.717, 1.165) is 29.0 Å². The Labute approximate surface area is 192 Å². The summed E-state index contributed by atoms with van der Waals surface area (Å²) in [6.07, 6.45) is 7.90. The Morgan fingerprint density at radius 2 is 2.12 bits per heavy atom. The predicted molar refractivity (Wildman–Crippen MR) is 125 cm³/mol. The Morgan fingerprint density at radius 1 is 1.22 bits per heavy atom. The zero-order chi connectivity index (χ0) is 22.2. The Balaban J connectivity index is 1.52. The summed E-state index contributed by atoms with van der Waals surface area (Å²) in [5, 5.41) is 1.99. The number of carbonyl (C=O) groups excluding carboxylic acids is 1. The van der Waals surface area contributed by atoms with Crippen LogP contribution in [-0.2, 0) is 22.6 Å². The lowest BCUT2D eigenvalue weighted by Gasteiger charge is -2.22. The highest BCUT2D eigenvalue weighted by molar-refractivity contribution is 7.10. The molecular weight excluding hydrogens is 424 g/mol. The number of pyridine rings is 1. The van der Waals surface area contributed by atoms with E-state index in [1.54, 1.807) is 41.8 Å². The topological polar surface area (TPSA) is 60.9 Å². The molecule has 0 spiro atoms. The number of rotatable bonds is 9. The van der Waals surface area contributed by atoms with Crippen LogP contribution in [0.5, 0.6) is 11.5 Å². The average Bonchev–Trinajstić information content (AvgIpc) is 3.53. The van der Waals surface area contributed by atoms with Crippen LogP contribution in [0.1, 0.15) is 22.4 Å². The molecule has 1 fully saturated rings. The minimum absolute atomic E-state index is 0.0424. The van der Waals surface area contributed by atoms with E-state index in [1.807, 2.05) is 53.9 Å². The van der Waals surface area contributed by atoms with Gasteiger partial charge in [-0.3, -0.25) is 9.78 Å². The minimum atomic E-state index is -0.0651. The molecule has 7 heteroatoms. The summed E-state index contributed by atoms with van der Waals surface area (Å²) >= 11 is 1.60. The first-order chi connectivity index (χ1) is 15.7. The van der Waals surface area contributed by atoms with Crippen LogP contribution in [0.2, 0.25) is 0 Å². The second-order valence-corrected chi connectivity index (χ2v) is 8.47.